The number of nitrogens with zero attached hydrogens (tertiary/aromatic N) is 1. The Morgan fingerprint density at radius 3 is 2.33 bits per heavy atom. The molecule has 2 rings (SSSR count). The first-order valence-corrected chi connectivity index (χ1v) is 8.16. The lowest BCUT2D eigenvalue weighted by atomic mass is 9.82. The van der Waals surface area contributed by atoms with E-state index in [0.29, 0.717) is 35.0 Å². The lowest BCUT2D eigenvalue weighted by Crippen LogP contribution is -2.26. The quantitative estimate of drug-likeness (QED) is 0.755. The summed E-state index contributed by atoms with van der Waals surface area (Å²) in [5, 5.41) is 9.68. The van der Waals surface area contributed by atoms with E-state index in [1.807, 2.05) is 13.0 Å². The first-order valence-electron chi connectivity index (χ1n) is 8.16. The Morgan fingerprint density at radius 1 is 1.19 bits per heavy atom. The molecule has 8 nitrogen and oxygen atoms in total. The average molecular weight is 374 g/mol. The molecule has 1 heterocycles. The molecule has 1 aromatic carbocycles. The van der Waals surface area contributed by atoms with Crippen LogP contribution in [0.15, 0.2) is 34.9 Å². The van der Waals surface area contributed by atoms with Crippen molar-refractivity contribution in [2.75, 3.05) is 28.4 Å². The number of nitriles is 1. The summed E-state index contributed by atoms with van der Waals surface area (Å²) < 4.78 is 26.7. The third-order valence-electron chi connectivity index (χ3n) is 4.27. The van der Waals surface area contributed by atoms with Gasteiger partial charge in [-0.1, -0.05) is 13.0 Å². The van der Waals surface area contributed by atoms with E-state index in [1.165, 1.54) is 28.4 Å². The van der Waals surface area contributed by atoms with Crippen LogP contribution in [-0.4, -0.2) is 34.4 Å². The molecule has 2 N–H and O–H groups in total. The maximum Gasteiger partial charge on any atom is 0.338 e. The number of hydrogen-bond donors (Lipinski definition) is 1. The van der Waals surface area contributed by atoms with Gasteiger partial charge in [0.2, 0.25) is 11.6 Å². The van der Waals surface area contributed by atoms with Crippen LogP contribution in [0.3, 0.4) is 0 Å². The molecular formula is C19H22N2O6. The van der Waals surface area contributed by atoms with E-state index in [2.05, 4.69) is 0 Å². The van der Waals surface area contributed by atoms with E-state index < -0.39 is 11.9 Å². The fourth-order valence-corrected chi connectivity index (χ4v) is 3.08. The van der Waals surface area contributed by atoms with Crippen molar-refractivity contribution in [3.8, 4) is 23.3 Å². The van der Waals surface area contributed by atoms with Gasteiger partial charge in [0.15, 0.2) is 11.5 Å². The van der Waals surface area contributed by atoms with Crippen LogP contribution >= 0.6 is 0 Å². The van der Waals surface area contributed by atoms with Crippen LogP contribution < -0.4 is 19.9 Å². The van der Waals surface area contributed by atoms with Gasteiger partial charge < -0.3 is 29.4 Å². The summed E-state index contributed by atoms with van der Waals surface area (Å²) in [5.74, 6) is -0.0814. The van der Waals surface area contributed by atoms with Crippen LogP contribution in [0.5, 0.6) is 17.2 Å². The van der Waals surface area contributed by atoms with E-state index >= 15 is 0 Å². The summed E-state index contributed by atoms with van der Waals surface area (Å²) >= 11 is 0. The molecule has 0 bridgehead atoms. The van der Waals surface area contributed by atoms with Gasteiger partial charge in [-0.15, -0.1) is 0 Å². The molecule has 27 heavy (non-hydrogen) atoms. The molecule has 0 fully saturated rings. The largest absolute Gasteiger partial charge is 0.493 e. The zero-order chi connectivity index (χ0) is 20.1. The first kappa shape index (κ1) is 20.0. The van der Waals surface area contributed by atoms with Crippen molar-refractivity contribution < 1.29 is 28.5 Å². The highest BCUT2D eigenvalue weighted by molar-refractivity contribution is 5.93. The SMILES string of the molecule is CCC1=C(C(=O)OC)[C@H](c2ccc(OC)c(OC)c2OC)C(C#N)=C(N)O1. The lowest BCUT2D eigenvalue weighted by molar-refractivity contribution is -0.136. The van der Waals surface area contributed by atoms with Crippen LogP contribution in [0.25, 0.3) is 0 Å². The van der Waals surface area contributed by atoms with Gasteiger partial charge in [0.25, 0.3) is 0 Å². The van der Waals surface area contributed by atoms with Gasteiger partial charge in [-0.3, -0.25) is 0 Å². The van der Waals surface area contributed by atoms with Crippen molar-refractivity contribution in [2.45, 2.75) is 19.3 Å². The second-order valence-electron chi connectivity index (χ2n) is 5.53. The zero-order valence-corrected chi connectivity index (χ0v) is 15.9. The summed E-state index contributed by atoms with van der Waals surface area (Å²) in [5.41, 5.74) is 6.73. The number of esters is 1. The lowest BCUT2D eigenvalue weighted by Gasteiger charge is -2.29. The van der Waals surface area contributed by atoms with Gasteiger partial charge >= 0.3 is 5.97 Å². The summed E-state index contributed by atoms with van der Waals surface area (Å²) in [6.45, 7) is 1.81. The molecule has 0 amide bonds. The van der Waals surface area contributed by atoms with E-state index in [1.54, 1.807) is 12.1 Å². The highest BCUT2D eigenvalue weighted by Gasteiger charge is 2.39. The third kappa shape index (κ3) is 3.36. The average Bonchev–Trinajstić information content (AvgIpc) is 2.70. The van der Waals surface area contributed by atoms with Crippen LogP contribution in [0.1, 0.15) is 24.8 Å². The molecule has 1 atom stereocenters. The van der Waals surface area contributed by atoms with Crippen molar-refractivity contribution in [3.63, 3.8) is 0 Å². The molecular weight excluding hydrogens is 352 g/mol. The van der Waals surface area contributed by atoms with Gasteiger partial charge in [0.1, 0.15) is 17.4 Å². The van der Waals surface area contributed by atoms with Crippen molar-refractivity contribution in [1.29, 1.82) is 5.26 Å². The monoisotopic (exact) mass is 374 g/mol. The molecule has 0 aromatic heterocycles. The molecule has 0 spiro atoms. The molecule has 1 aliphatic rings. The molecule has 1 aliphatic heterocycles. The maximum absolute atomic E-state index is 12.5. The van der Waals surface area contributed by atoms with Crippen molar-refractivity contribution in [1.82, 2.24) is 0 Å². The third-order valence-corrected chi connectivity index (χ3v) is 4.27. The van der Waals surface area contributed by atoms with Gasteiger partial charge in [0.05, 0.1) is 39.9 Å². The number of allylic oxidation sites excluding steroid dienone is 2. The second kappa shape index (κ2) is 8.36. The van der Waals surface area contributed by atoms with E-state index in [0.717, 1.165) is 0 Å². The molecule has 0 saturated carbocycles. The van der Waals surface area contributed by atoms with Crippen molar-refractivity contribution in [3.05, 3.63) is 40.5 Å². The van der Waals surface area contributed by atoms with Crippen LogP contribution in [0, 0.1) is 11.3 Å². The summed E-state index contributed by atoms with van der Waals surface area (Å²) in [7, 11) is 5.69. The Balaban J connectivity index is 2.85. The van der Waals surface area contributed by atoms with Gasteiger partial charge in [0, 0.05) is 12.0 Å². The highest BCUT2D eigenvalue weighted by Crippen LogP contribution is 2.49. The second-order valence-corrected chi connectivity index (χ2v) is 5.53. The topological polar surface area (TPSA) is 113 Å². The fourth-order valence-electron chi connectivity index (χ4n) is 3.08. The number of nitrogens with two attached hydrogens (primary N) is 1. The number of benzene rings is 1. The predicted molar refractivity (Wildman–Crippen MR) is 96.1 cm³/mol. The van der Waals surface area contributed by atoms with Crippen LogP contribution in [-0.2, 0) is 14.3 Å². The predicted octanol–water partition coefficient (Wildman–Crippen LogP) is 2.36. The Labute approximate surface area is 157 Å². The molecule has 0 unspecified atom stereocenters. The Bertz CT molecular complexity index is 850. The normalized spacial score (nSPS) is 16.4. The molecule has 8 heteroatoms. The number of carbonyl (C=O) groups excluding carboxylic acids is 1. The minimum Gasteiger partial charge on any atom is -0.493 e. The summed E-state index contributed by atoms with van der Waals surface area (Å²) in [4.78, 5) is 12.5. The van der Waals surface area contributed by atoms with Crippen molar-refractivity contribution >= 4 is 5.97 Å². The molecule has 1 aromatic rings. The first-order chi connectivity index (χ1) is 13.0. The van der Waals surface area contributed by atoms with Crippen LogP contribution in [0.4, 0.5) is 0 Å². The fraction of sp³-hybridized carbons (Fsp3) is 0.368. The van der Waals surface area contributed by atoms with E-state index in [9.17, 15) is 10.1 Å². The number of rotatable bonds is 6. The van der Waals surface area contributed by atoms with Crippen molar-refractivity contribution in [2.24, 2.45) is 5.73 Å². The summed E-state index contributed by atoms with van der Waals surface area (Å²) in [6.07, 6.45) is 0.385. The van der Waals surface area contributed by atoms with Gasteiger partial charge in [-0.25, -0.2) is 4.79 Å². The van der Waals surface area contributed by atoms with Crippen LogP contribution in [0.2, 0.25) is 0 Å². The number of carbonyl (C=O) groups is 1. The highest BCUT2D eigenvalue weighted by atomic mass is 16.5. The number of hydrogen-bond acceptors (Lipinski definition) is 8. The zero-order valence-electron chi connectivity index (χ0n) is 15.9. The van der Waals surface area contributed by atoms with E-state index in [-0.39, 0.29) is 17.0 Å². The maximum atomic E-state index is 12.5. The molecule has 0 radical (unpaired) electrons. The van der Waals surface area contributed by atoms with Gasteiger partial charge in [-0.2, -0.15) is 5.26 Å². The van der Waals surface area contributed by atoms with E-state index in [4.69, 9.17) is 29.4 Å². The minimum absolute atomic E-state index is 0.0659. The standard InChI is InChI=1S/C19H22N2O6/c1-6-12-15(19(22)26-5)14(11(9-20)18(21)27-12)10-7-8-13(23-2)17(25-4)16(10)24-3/h7-8,14H,6,21H2,1-5H3/t14-/m1/s1. The number of methoxy groups -OCH3 is 4. The smallest absolute Gasteiger partial charge is 0.338 e. The Morgan fingerprint density at radius 2 is 1.85 bits per heavy atom. The Hall–Kier alpha value is -3.34. The Kier molecular flexibility index (Phi) is 6.19. The minimum atomic E-state index is -0.832. The molecule has 144 valence electrons. The molecule has 0 aliphatic carbocycles. The summed E-state index contributed by atoms with van der Waals surface area (Å²) in [6, 6.07) is 5.39. The van der Waals surface area contributed by atoms with Gasteiger partial charge in [-0.05, 0) is 6.07 Å². The number of ether oxygens (including phenoxy) is 5. The molecule has 0 saturated heterocycles.